The van der Waals surface area contributed by atoms with Crippen molar-refractivity contribution in [2.45, 2.75) is 33.1 Å². The molecule has 0 amide bonds. The smallest absolute Gasteiger partial charge is 0.343 e. The van der Waals surface area contributed by atoms with Crippen molar-refractivity contribution in [1.82, 2.24) is 4.57 Å². The molecule has 0 atom stereocenters. The molecule has 0 saturated carbocycles. The highest BCUT2D eigenvalue weighted by Gasteiger charge is 2.14. The summed E-state index contributed by atoms with van der Waals surface area (Å²) >= 11 is 0. The van der Waals surface area contributed by atoms with Crippen LogP contribution in [0.2, 0.25) is 0 Å². The lowest BCUT2D eigenvalue weighted by Gasteiger charge is -2.14. The molecule has 0 aliphatic carbocycles. The summed E-state index contributed by atoms with van der Waals surface area (Å²) in [5.41, 5.74) is 8.80. The van der Waals surface area contributed by atoms with Gasteiger partial charge in [0, 0.05) is 16.5 Å². The van der Waals surface area contributed by atoms with Crippen LogP contribution in [0.5, 0.6) is 5.75 Å². The van der Waals surface area contributed by atoms with Gasteiger partial charge in [0.25, 0.3) is 0 Å². The highest BCUT2D eigenvalue weighted by atomic mass is 16.5. The van der Waals surface area contributed by atoms with Gasteiger partial charge in [-0.15, -0.1) is 0 Å². The highest BCUT2D eigenvalue weighted by molar-refractivity contribution is 6.09. The van der Waals surface area contributed by atoms with Gasteiger partial charge in [0.2, 0.25) is 0 Å². The summed E-state index contributed by atoms with van der Waals surface area (Å²) in [6.45, 7) is 6.60. The molecule has 0 fully saturated rings. The number of hydrogen-bond acceptors (Lipinski definition) is 2. The van der Waals surface area contributed by atoms with Crippen LogP contribution < -0.4 is 4.74 Å². The molecule has 192 valence electrons. The molecule has 0 bridgehead atoms. The van der Waals surface area contributed by atoms with Crippen LogP contribution in [-0.4, -0.2) is 10.5 Å². The Morgan fingerprint density at radius 1 is 0.744 bits per heavy atom. The largest absolute Gasteiger partial charge is 0.423 e. The fourth-order valence-corrected chi connectivity index (χ4v) is 5.35. The van der Waals surface area contributed by atoms with Crippen molar-refractivity contribution in [3.63, 3.8) is 0 Å². The lowest BCUT2D eigenvalue weighted by molar-refractivity contribution is 0.0735. The Hall–Kier alpha value is -4.63. The minimum Gasteiger partial charge on any atom is -0.423 e. The van der Waals surface area contributed by atoms with Gasteiger partial charge < -0.3 is 9.30 Å². The lowest BCUT2D eigenvalue weighted by atomic mass is 9.92. The number of ether oxygens (including phenoxy) is 1. The van der Waals surface area contributed by atoms with E-state index in [1.807, 2.05) is 48.5 Å². The fraction of sp³-hybridized carbons (Fsp3) is 0.139. The number of carbonyl (C=O) groups excluding carboxylic acids is 1. The van der Waals surface area contributed by atoms with Gasteiger partial charge in [-0.25, -0.2) is 4.79 Å². The third kappa shape index (κ3) is 4.61. The Bertz CT molecular complexity index is 1740. The summed E-state index contributed by atoms with van der Waals surface area (Å²) in [6.07, 6.45) is 0.967. The molecule has 0 spiro atoms. The van der Waals surface area contributed by atoms with Crippen molar-refractivity contribution in [3.05, 3.63) is 132 Å². The number of para-hydroxylation sites is 2. The fourth-order valence-electron chi connectivity index (χ4n) is 5.35. The molecule has 0 unspecified atom stereocenters. The molecule has 1 heterocycles. The summed E-state index contributed by atoms with van der Waals surface area (Å²) in [4.78, 5) is 13.0. The first-order chi connectivity index (χ1) is 19.0. The van der Waals surface area contributed by atoms with E-state index < -0.39 is 0 Å². The van der Waals surface area contributed by atoms with E-state index >= 15 is 0 Å². The second-order valence-corrected chi connectivity index (χ2v) is 10.3. The minimum atomic E-state index is -0.368. The Labute approximate surface area is 229 Å². The van der Waals surface area contributed by atoms with Crippen LogP contribution in [-0.2, 0) is 6.42 Å². The maximum atomic E-state index is 13.0. The third-order valence-corrected chi connectivity index (χ3v) is 7.50. The number of rotatable bonds is 6. The molecule has 0 saturated heterocycles. The van der Waals surface area contributed by atoms with E-state index in [1.165, 1.54) is 27.5 Å². The molecule has 5 aromatic carbocycles. The summed E-state index contributed by atoms with van der Waals surface area (Å²) in [6, 6.07) is 39.0. The summed E-state index contributed by atoms with van der Waals surface area (Å²) in [5.74, 6) is 0.636. The molecular formula is C36H31NO2. The summed E-state index contributed by atoms with van der Waals surface area (Å²) < 4.78 is 7.97. The average Bonchev–Trinajstić information content (AvgIpc) is 3.32. The van der Waals surface area contributed by atoms with Gasteiger partial charge in [-0.05, 0) is 83.1 Å². The number of hydrogen-bond donors (Lipinski definition) is 0. The van der Waals surface area contributed by atoms with Gasteiger partial charge in [0.15, 0.2) is 0 Å². The van der Waals surface area contributed by atoms with Crippen molar-refractivity contribution in [2.75, 3.05) is 0 Å². The van der Waals surface area contributed by atoms with Crippen LogP contribution in [0.15, 0.2) is 115 Å². The van der Waals surface area contributed by atoms with E-state index in [4.69, 9.17) is 4.74 Å². The van der Waals surface area contributed by atoms with Gasteiger partial charge >= 0.3 is 5.97 Å². The number of aromatic nitrogens is 1. The van der Waals surface area contributed by atoms with E-state index in [9.17, 15) is 4.79 Å². The highest BCUT2D eigenvalue weighted by Crippen LogP contribution is 2.32. The van der Waals surface area contributed by atoms with Crippen LogP contribution in [0.3, 0.4) is 0 Å². The van der Waals surface area contributed by atoms with Gasteiger partial charge in [0.05, 0.1) is 16.6 Å². The predicted molar refractivity (Wildman–Crippen MR) is 161 cm³/mol. The van der Waals surface area contributed by atoms with E-state index in [0.29, 0.717) is 17.2 Å². The maximum Gasteiger partial charge on any atom is 0.343 e. The van der Waals surface area contributed by atoms with E-state index in [2.05, 4.69) is 92.1 Å². The van der Waals surface area contributed by atoms with Gasteiger partial charge in [-0.3, -0.25) is 0 Å². The maximum absolute atomic E-state index is 13.0. The van der Waals surface area contributed by atoms with Crippen LogP contribution in [0.1, 0.15) is 48.2 Å². The molecule has 6 aromatic rings. The number of fused-ring (bicyclic) bond motifs is 3. The van der Waals surface area contributed by atoms with Gasteiger partial charge in [-0.2, -0.15) is 0 Å². The lowest BCUT2D eigenvalue weighted by Crippen LogP contribution is -2.08. The molecule has 0 aliphatic heterocycles. The molecule has 6 rings (SSSR count). The van der Waals surface area contributed by atoms with Crippen molar-refractivity contribution in [1.29, 1.82) is 0 Å². The van der Waals surface area contributed by atoms with Gasteiger partial charge in [-0.1, -0.05) is 87.5 Å². The SMILES string of the molecule is CCc1ccc(C(C)C)cc1-c1ccc(OC(=O)c2ccc(-n3c4ccccc4c4ccccc43)cc2)cc1. The summed E-state index contributed by atoms with van der Waals surface area (Å²) in [7, 11) is 0. The molecular weight excluding hydrogens is 478 g/mol. The topological polar surface area (TPSA) is 31.2 Å². The van der Waals surface area contributed by atoms with Crippen LogP contribution in [0, 0.1) is 0 Å². The average molecular weight is 510 g/mol. The second-order valence-electron chi connectivity index (χ2n) is 10.3. The first-order valence-corrected chi connectivity index (χ1v) is 13.6. The van der Waals surface area contributed by atoms with Crippen molar-refractivity contribution in [2.24, 2.45) is 0 Å². The second kappa shape index (κ2) is 10.3. The Morgan fingerprint density at radius 3 is 1.95 bits per heavy atom. The van der Waals surface area contributed by atoms with E-state index in [1.54, 1.807) is 0 Å². The zero-order chi connectivity index (χ0) is 26.9. The standard InChI is InChI=1S/C36H31NO2/c1-4-25-13-14-28(24(2)3)23-33(25)26-17-21-30(22-18-26)39-36(38)27-15-19-29(20-16-27)37-34-11-7-5-9-31(34)32-10-6-8-12-35(32)37/h5-24H,4H2,1-3H3. The number of aryl methyl sites for hydroxylation is 1. The van der Waals surface area contributed by atoms with E-state index in [0.717, 1.165) is 28.7 Å². The normalized spacial score (nSPS) is 11.4. The molecule has 0 N–H and O–H groups in total. The van der Waals surface area contributed by atoms with Crippen molar-refractivity contribution in [3.8, 4) is 22.6 Å². The Kier molecular flexibility index (Phi) is 6.50. The third-order valence-electron chi connectivity index (χ3n) is 7.50. The number of nitrogens with zero attached hydrogens (tertiary/aromatic N) is 1. The summed E-state index contributed by atoms with van der Waals surface area (Å²) in [5, 5.41) is 2.42. The number of benzene rings is 5. The van der Waals surface area contributed by atoms with Crippen LogP contribution in [0.4, 0.5) is 0 Å². The number of carbonyl (C=O) groups is 1. The molecule has 1 aromatic heterocycles. The van der Waals surface area contributed by atoms with Crippen LogP contribution in [0.25, 0.3) is 38.6 Å². The zero-order valence-corrected chi connectivity index (χ0v) is 22.5. The predicted octanol–water partition coefficient (Wildman–Crippen LogP) is 9.36. The van der Waals surface area contributed by atoms with E-state index in [-0.39, 0.29) is 5.97 Å². The van der Waals surface area contributed by atoms with Crippen molar-refractivity contribution >= 4 is 27.8 Å². The molecule has 3 nitrogen and oxygen atoms in total. The molecule has 0 radical (unpaired) electrons. The first kappa shape index (κ1) is 24.7. The quantitative estimate of drug-likeness (QED) is 0.165. The Morgan fingerprint density at radius 2 is 1.36 bits per heavy atom. The zero-order valence-electron chi connectivity index (χ0n) is 22.5. The molecule has 3 heteroatoms. The number of esters is 1. The van der Waals surface area contributed by atoms with Crippen LogP contribution >= 0.6 is 0 Å². The van der Waals surface area contributed by atoms with Crippen molar-refractivity contribution < 1.29 is 9.53 Å². The monoisotopic (exact) mass is 509 g/mol. The molecule has 0 aliphatic rings. The first-order valence-electron chi connectivity index (χ1n) is 13.6. The Balaban J connectivity index is 1.24. The van der Waals surface area contributed by atoms with Gasteiger partial charge in [0.1, 0.15) is 5.75 Å². The molecule has 39 heavy (non-hydrogen) atoms. The minimum absolute atomic E-state index is 0.368.